The molecule has 0 amide bonds. The van der Waals surface area contributed by atoms with Crippen LogP contribution >= 0.6 is 11.6 Å². The molecule has 0 saturated heterocycles. The fourth-order valence-electron chi connectivity index (χ4n) is 4.38. The first-order valence-electron chi connectivity index (χ1n) is 12.5. The second-order valence-electron chi connectivity index (χ2n) is 8.93. The van der Waals surface area contributed by atoms with Crippen molar-refractivity contribution >= 4 is 35.2 Å². The van der Waals surface area contributed by atoms with Gasteiger partial charge in [-0.3, -0.25) is 0 Å². The standard InChI is InChI=1S/C32H24ClN5O/c33-24-13-11-23(12-14-24)31-27-8-4-5-9-28(27)32(34)38(37-31)25-15-17-26(18-16-25)39-30-20-21-35-29(36-30)19-10-22-6-2-1-3-7-22/h1-21,32H,34H2/b19-10+. The fourth-order valence-corrected chi connectivity index (χ4v) is 4.51. The molecule has 1 aliphatic rings. The highest BCUT2D eigenvalue weighted by molar-refractivity contribution is 6.30. The number of hydrazone groups is 1. The molecule has 4 aromatic carbocycles. The lowest BCUT2D eigenvalue weighted by molar-refractivity contribution is 0.461. The van der Waals surface area contributed by atoms with E-state index in [4.69, 9.17) is 27.2 Å². The highest BCUT2D eigenvalue weighted by Gasteiger charge is 2.27. The Hall–Kier alpha value is -4.78. The third-order valence-electron chi connectivity index (χ3n) is 6.32. The van der Waals surface area contributed by atoms with Gasteiger partial charge in [0.05, 0.1) is 11.4 Å². The second kappa shape index (κ2) is 10.9. The van der Waals surface area contributed by atoms with Crippen molar-refractivity contribution in [3.63, 3.8) is 0 Å². The molecule has 0 bridgehead atoms. The Labute approximate surface area is 231 Å². The number of benzene rings is 4. The van der Waals surface area contributed by atoms with E-state index in [1.165, 1.54) is 0 Å². The first kappa shape index (κ1) is 24.6. The van der Waals surface area contributed by atoms with E-state index in [1.807, 2.05) is 120 Å². The van der Waals surface area contributed by atoms with Gasteiger partial charge in [0.15, 0.2) is 5.82 Å². The smallest absolute Gasteiger partial charge is 0.222 e. The topological polar surface area (TPSA) is 76.6 Å². The lowest BCUT2D eigenvalue weighted by atomic mass is 9.94. The molecule has 2 heterocycles. The third kappa shape index (κ3) is 5.43. The third-order valence-corrected chi connectivity index (χ3v) is 6.57. The van der Waals surface area contributed by atoms with Crippen LogP contribution in [0.1, 0.15) is 34.2 Å². The molecule has 0 saturated carbocycles. The summed E-state index contributed by atoms with van der Waals surface area (Å²) in [6, 6.07) is 35.1. The summed E-state index contributed by atoms with van der Waals surface area (Å²) in [5.41, 5.74) is 12.4. The number of ether oxygens (including phenoxy) is 1. The van der Waals surface area contributed by atoms with Gasteiger partial charge in [-0.15, -0.1) is 0 Å². The zero-order valence-corrected chi connectivity index (χ0v) is 21.6. The Morgan fingerprint density at radius 3 is 2.33 bits per heavy atom. The zero-order chi connectivity index (χ0) is 26.6. The lowest BCUT2D eigenvalue weighted by Crippen LogP contribution is -2.36. The molecular formula is C32H24ClN5O. The number of anilines is 1. The summed E-state index contributed by atoms with van der Waals surface area (Å²) in [6.45, 7) is 0. The minimum Gasteiger partial charge on any atom is -0.439 e. The number of hydrogen-bond acceptors (Lipinski definition) is 6. The summed E-state index contributed by atoms with van der Waals surface area (Å²) in [6.07, 6.45) is 5.06. The molecule has 7 heteroatoms. The number of nitrogens with zero attached hydrogens (tertiary/aromatic N) is 4. The Bertz CT molecular complexity index is 1650. The molecule has 39 heavy (non-hydrogen) atoms. The zero-order valence-electron chi connectivity index (χ0n) is 20.9. The van der Waals surface area contributed by atoms with Crippen LogP contribution in [0.2, 0.25) is 5.02 Å². The molecular weight excluding hydrogens is 506 g/mol. The van der Waals surface area contributed by atoms with Gasteiger partial charge in [-0.25, -0.2) is 9.99 Å². The molecule has 0 radical (unpaired) electrons. The van der Waals surface area contributed by atoms with Gasteiger partial charge in [-0.2, -0.15) is 10.1 Å². The van der Waals surface area contributed by atoms with Gasteiger partial charge in [0.25, 0.3) is 0 Å². The molecule has 1 aromatic heterocycles. The highest BCUT2D eigenvalue weighted by Crippen LogP contribution is 2.34. The molecule has 6 nitrogen and oxygen atoms in total. The van der Waals surface area contributed by atoms with E-state index < -0.39 is 6.17 Å². The molecule has 2 N–H and O–H groups in total. The van der Waals surface area contributed by atoms with E-state index in [0.717, 1.165) is 33.7 Å². The van der Waals surface area contributed by atoms with Gasteiger partial charge in [0, 0.05) is 34.0 Å². The monoisotopic (exact) mass is 529 g/mol. The van der Waals surface area contributed by atoms with Gasteiger partial charge in [-0.05, 0) is 48.0 Å². The van der Waals surface area contributed by atoms with Crippen LogP contribution in [0.4, 0.5) is 5.69 Å². The van der Waals surface area contributed by atoms with Crippen LogP contribution in [-0.2, 0) is 0 Å². The van der Waals surface area contributed by atoms with Gasteiger partial charge in [-0.1, -0.05) is 84.4 Å². The molecule has 0 spiro atoms. The van der Waals surface area contributed by atoms with Crippen molar-refractivity contribution in [1.29, 1.82) is 0 Å². The van der Waals surface area contributed by atoms with Gasteiger partial charge in [0.2, 0.25) is 5.88 Å². The van der Waals surface area contributed by atoms with Crippen LogP contribution < -0.4 is 15.5 Å². The predicted octanol–water partition coefficient (Wildman–Crippen LogP) is 7.32. The Morgan fingerprint density at radius 1 is 0.795 bits per heavy atom. The number of nitrogens with two attached hydrogens (primary N) is 1. The average Bonchev–Trinajstić information content (AvgIpc) is 2.98. The molecule has 1 unspecified atom stereocenters. The molecule has 0 fully saturated rings. The summed E-state index contributed by atoms with van der Waals surface area (Å²) in [5.74, 6) is 1.66. The van der Waals surface area contributed by atoms with Crippen LogP contribution in [-0.4, -0.2) is 15.7 Å². The lowest BCUT2D eigenvalue weighted by Gasteiger charge is -2.33. The Kier molecular flexibility index (Phi) is 6.87. The van der Waals surface area contributed by atoms with E-state index in [9.17, 15) is 0 Å². The Morgan fingerprint density at radius 2 is 1.54 bits per heavy atom. The number of aromatic nitrogens is 2. The maximum absolute atomic E-state index is 6.68. The largest absolute Gasteiger partial charge is 0.439 e. The minimum atomic E-state index is -0.440. The molecule has 1 atom stereocenters. The summed E-state index contributed by atoms with van der Waals surface area (Å²) in [5, 5.41) is 7.46. The van der Waals surface area contributed by atoms with Crippen LogP contribution in [0, 0.1) is 0 Å². The van der Waals surface area contributed by atoms with E-state index in [2.05, 4.69) is 9.97 Å². The van der Waals surface area contributed by atoms with Crippen LogP contribution in [0.25, 0.3) is 12.2 Å². The van der Waals surface area contributed by atoms with Gasteiger partial charge < -0.3 is 10.5 Å². The average molecular weight is 530 g/mol. The van der Waals surface area contributed by atoms with E-state index in [0.29, 0.717) is 22.5 Å². The van der Waals surface area contributed by atoms with E-state index in [1.54, 1.807) is 12.3 Å². The van der Waals surface area contributed by atoms with Crippen molar-refractivity contribution in [2.75, 3.05) is 5.01 Å². The van der Waals surface area contributed by atoms with Crippen molar-refractivity contribution < 1.29 is 4.74 Å². The molecule has 5 aromatic rings. The highest BCUT2D eigenvalue weighted by atomic mass is 35.5. The summed E-state index contributed by atoms with van der Waals surface area (Å²) >= 11 is 6.13. The van der Waals surface area contributed by atoms with E-state index >= 15 is 0 Å². The SMILES string of the molecule is NC1c2ccccc2C(c2ccc(Cl)cc2)=NN1c1ccc(Oc2ccnc(/C=C/c3ccccc3)n2)cc1. The maximum Gasteiger partial charge on any atom is 0.222 e. The quantitative estimate of drug-likeness (QED) is 0.249. The molecule has 0 aliphatic carbocycles. The molecule has 190 valence electrons. The number of fused-ring (bicyclic) bond motifs is 1. The van der Waals surface area contributed by atoms with Gasteiger partial charge in [0.1, 0.15) is 11.9 Å². The van der Waals surface area contributed by atoms with E-state index in [-0.39, 0.29) is 0 Å². The molecule has 1 aliphatic heterocycles. The minimum absolute atomic E-state index is 0.440. The second-order valence-corrected chi connectivity index (χ2v) is 9.36. The summed E-state index contributed by atoms with van der Waals surface area (Å²) < 4.78 is 6.02. The number of halogens is 1. The maximum atomic E-state index is 6.68. The normalized spacial score (nSPS) is 14.7. The summed E-state index contributed by atoms with van der Waals surface area (Å²) in [7, 11) is 0. The van der Waals surface area contributed by atoms with Crippen molar-refractivity contribution in [2.24, 2.45) is 10.8 Å². The number of hydrogen-bond donors (Lipinski definition) is 1. The van der Waals surface area contributed by atoms with Crippen molar-refractivity contribution in [3.8, 4) is 11.6 Å². The predicted molar refractivity (Wildman–Crippen MR) is 157 cm³/mol. The summed E-state index contributed by atoms with van der Waals surface area (Å²) in [4.78, 5) is 8.81. The van der Waals surface area contributed by atoms with Crippen LogP contribution in [0.3, 0.4) is 0 Å². The molecule has 6 rings (SSSR count). The Balaban J connectivity index is 1.24. The van der Waals surface area contributed by atoms with Crippen molar-refractivity contribution in [1.82, 2.24) is 9.97 Å². The van der Waals surface area contributed by atoms with Crippen molar-refractivity contribution in [3.05, 3.63) is 148 Å². The number of rotatable bonds is 6. The first-order valence-corrected chi connectivity index (χ1v) is 12.8. The fraction of sp³-hybridized carbons (Fsp3) is 0.0312. The first-order chi connectivity index (χ1) is 19.1. The van der Waals surface area contributed by atoms with Crippen LogP contribution in [0.5, 0.6) is 11.6 Å². The van der Waals surface area contributed by atoms with Crippen LogP contribution in [0.15, 0.2) is 120 Å². The van der Waals surface area contributed by atoms with Crippen molar-refractivity contribution in [2.45, 2.75) is 6.17 Å². The van der Waals surface area contributed by atoms with Gasteiger partial charge >= 0.3 is 0 Å².